The minimum Gasteiger partial charge on any atom is -0.479 e. The number of anilines is 2. The van der Waals surface area contributed by atoms with Crippen LogP contribution in [0.3, 0.4) is 0 Å². The average Bonchev–Trinajstić information content (AvgIpc) is 3.36. The average molecular weight is 308 g/mol. The Labute approximate surface area is 133 Å². The lowest BCUT2D eigenvalue weighted by molar-refractivity contribution is -0.118. The number of hydrogen-bond acceptors (Lipinski definition) is 3. The van der Waals surface area contributed by atoms with Crippen molar-refractivity contribution in [3.8, 4) is 5.75 Å². The molecule has 1 aliphatic carbocycles. The molecule has 2 N–H and O–H groups in total. The van der Waals surface area contributed by atoms with Gasteiger partial charge in [0.15, 0.2) is 12.4 Å². The Bertz CT molecular complexity index is 773. The third-order valence-electron chi connectivity index (χ3n) is 4.25. The summed E-state index contributed by atoms with van der Waals surface area (Å²) in [6, 6.07) is 15.4. The molecule has 5 heteroatoms. The van der Waals surface area contributed by atoms with Gasteiger partial charge in [0.05, 0.1) is 11.4 Å². The summed E-state index contributed by atoms with van der Waals surface area (Å²) in [7, 11) is 0. The maximum atomic E-state index is 12.5. The Hall–Kier alpha value is -2.82. The molecule has 2 aromatic carbocycles. The summed E-state index contributed by atoms with van der Waals surface area (Å²) in [6.07, 6.45) is 0.864. The first-order chi connectivity index (χ1) is 11.2. The van der Waals surface area contributed by atoms with Crippen LogP contribution in [0.1, 0.15) is 17.9 Å². The molecule has 1 fully saturated rings. The summed E-state index contributed by atoms with van der Waals surface area (Å²) < 4.78 is 5.45. The van der Waals surface area contributed by atoms with Crippen LogP contribution < -0.4 is 15.4 Å². The number of hydrogen-bond donors (Lipinski definition) is 2. The van der Waals surface area contributed by atoms with Gasteiger partial charge in [-0.15, -0.1) is 0 Å². The first-order valence-corrected chi connectivity index (χ1v) is 7.64. The number of fused-ring (bicyclic) bond motifs is 1. The van der Waals surface area contributed by atoms with Crippen LogP contribution in [-0.2, 0) is 9.59 Å². The van der Waals surface area contributed by atoms with Gasteiger partial charge in [0, 0.05) is 5.92 Å². The molecule has 0 aromatic heterocycles. The maximum Gasteiger partial charge on any atom is 0.262 e. The van der Waals surface area contributed by atoms with Gasteiger partial charge in [-0.05, 0) is 30.0 Å². The van der Waals surface area contributed by atoms with Crippen molar-refractivity contribution in [1.82, 2.24) is 0 Å². The monoisotopic (exact) mass is 308 g/mol. The maximum absolute atomic E-state index is 12.5. The summed E-state index contributed by atoms with van der Waals surface area (Å²) in [5.41, 5.74) is 2.40. The second-order valence-electron chi connectivity index (χ2n) is 5.87. The lowest BCUT2D eigenvalue weighted by Gasteiger charge is -2.20. The highest BCUT2D eigenvalue weighted by molar-refractivity contribution is 6.01. The fourth-order valence-electron chi connectivity index (χ4n) is 2.99. The highest BCUT2D eigenvalue weighted by Crippen LogP contribution is 2.48. The molecular weight excluding hydrogens is 292 g/mol. The Balaban J connectivity index is 1.48. The molecule has 1 heterocycles. The molecule has 23 heavy (non-hydrogen) atoms. The number of rotatable bonds is 3. The molecule has 0 bridgehead atoms. The number of ether oxygens (including phenoxy) is 1. The molecule has 5 nitrogen and oxygen atoms in total. The molecule has 2 unspecified atom stereocenters. The molecule has 0 spiro atoms. The highest BCUT2D eigenvalue weighted by atomic mass is 16.5. The summed E-state index contributed by atoms with van der Waals surface area (Å²) >= 11 is 0. The van der Waals surface area contributed by atoms with E-state index in [1.54, 1.807) is 18.2 Å². The number of carbonyl (C=O) groups is 2. The molecule has 1 aliphatic heterocycles. The number of amides is 2. The van der Waals surface area contributed by atoms with Gasteiger partial charge in [-0.3, -0.25) is 9.59 Å². The van der Waals surface area contributed by atoms with E-state index in [4.69, 9.17) is 4.74 Å². The van der Waals surface area contributed by atoms with Crippen LogP contribution in [0, 0.1) is 5.92 Å². The third kappa shape index (κ3) is 2.65. The molecule has 116 valence electrons. The minimum absolute atomic E-state index is 0.00671. The first kappa shape index (κ1) is 13.8. The quantitative estimate of drug-likeness (QED) is 0.916. The normalized spacial score (nSPS) is 21.7. The van der Waals surface area contributed by atoms with E-state index in [0.717, 1.165) is 6.42 Å². The van der Waals surface area contributed by atoms with E-state index in [2.05, 4.69) is 22.8 Å². The van der Waals surface area contributed by atoms with E-state index in [0.29, 0.717) is 17.1 Å². The topological polar surface area (TPSA) is 67.4 Å². The summed E-state index contributed by atoms with van der Waals surface area (Å²) in [5, 5.41) is 5.67. The molecule has 2 atom stereocenters. The lowest BCUT2D eigenvalue weighted by atomic mass is 10.1. The standard InChI is InChI=1S/C18H16N2O3/c21-16-10-23-17-14(19-16)7-4-8-15(17)20-18(22)13-9-12(13)11-5-2-1-3-6-11/h1-8,12-13H,9-10H2,(H,19,21)(H,20,22). The smallest absolute Gasteiger partial charge is 0.262 e. The van der Waals surface area contributed by atoms with Crippen LogP contribution in [0.4, 0.5) is 11.4 Å². The van der Waals surface area contributed by atoms with Crippen molar-refractivity contribution in [2.24, 2.45) is 5.92 Å². The van der Waals surface area contributed by atoms with E-state index in [9.17, 15) is 9.59 Å². The minimum atomic E-state index is -0.188. The van der Waals surface area contributed by atoms with Crippen molar-refractivity contribution in [2.45, 2.75) is 12.3 Å². The van der Waals surface area contributed by atoms with Crippen LogP contribution in [-0.4, -0.2) is 18.4 Å². The van der Waals surface area contributed by atoms with Crippen molar-refractivity contribution < 1.29 is 14.3 Å². The zero-order valence-electron chi connectivity index (χ0n) is 12.4. The van der Waals surface area contributed by atoms with Gasteiger partial charge < -0.3 is 15.4 Å². The predicted octanol–water partition coefficient (Wildman–Crippen LogP) is 2.76. The Morgan fingerprint density at radius 3 is 2.78 bits per heavy atom. The molecule has 2 aromatic rings. The lowest BCUT2D eigenvalue weighted by Crippen LogP contribution is -2.26. The largest absolute Gasteiger partial charge is 0.479 e. The van der Waals surface area contributed by atoms with E-state index in [-0.39, 0.29) is 30.3 Å². The molecule has 0 saturated heterocycles. The van der Waals surface area contributed by atoms with E-state index >= 15 is 0 Å². The second-order valence-corrected chi connectivity index (χ2v) is 5.87. The van der Waals surface area contributed by atoms with Gasteiger partial charge in [0.2, 0.25) is 5.91 Å². The first-order valence-electron chi connectivity index (χ1n) is 7.64. The summed E-state index contributed by atoms with van der Waals surface area (Å²) in [5.74, 6) is 0.611. The SMILES string of the molecule is O=C1COc2c(cccc2NC(=O)C2CC2c2ccccc2)N1. The third-order valence-corrected chi connectivity index (χ3v) is 4.25. The number of nitrogens with one attached hydrogen (secondary N) is 2. The van der Waals surface area contributed by atoms with Gasteiger partial charge in [-0.25, -0.2) is 0 Å². The van der Waals surface area contributed by atoms with Crippen LogP contribution in [0.15, 0.2) is 48.5 Å². The van der Waals surface area contributed by atoms with Crippen molar-refractivity contribution in [1.29, 1.82) is 0 Å². The Morgan fingerprint density at radius 2 is 1.96 bits per heavy atom. The van der Waals surface area contributed by atoms with Gasteiger partial charge in [0.25, 0.3) is 5.91 Å². The fraction of sp³-hybridized carbons (Fsp3) is 0.222. The van der Waals surface area contributed by atoms with Crippen LogP contribution in [0.2, 0.25) is 0 Å². The van der Waals surface area contributed by atoms with Crippen molar-refractivity contribution in [3.05, 3.63) is 54.1 Å². The number of carbonyl (C=O) groups excluding carboxylic acids is 2. The molecule has 2 aliphatic rings. The van der Waals surface area contributed by atoms with E-state index < -0.39 is 0 Å². The fourth-order valence-corrected chi connectivity index (χ4v) is 2.99. The van der Waals surface area contributed by atoms with E-state index in [1.165, 1.54) is 5.56 Å². The second kappa shape index (κ2) is 5.43. The molecule has 4 rings (SSSR count). The summed E-state index contributed by atoms with van der Waals surface area (Å²) in [6.45, 7) is -0.0318. The van der Waals surface area contributed by atoms with E-state index in [1.807, 2.05) is 18.2 Å². The zero-order valence-corrected chi connectivity index (χ0v) is 12.4. The Morgan fingerprint density at radius 1 is 1.13 bits per heavy atom. The van der Waals surface area contributed by atoms with Crippen LogP contribution in [0.25, 0.3) is 0 Å². The van der Waals surface area contributed by atoms with Crippen molar-refractivity contribution in [2.75, 3.05) is 17.2 Å². The van der Waals surface area contributed by atoms with Crippen LogP contribution >= 0.6 is 0 Å². The number of benzene rings is 2. The zero-order chi connectivity index (χ0) is 15.8. The van der Waals surface area contributed by atoms with Gasteiger partial charge in [-0.2, -0.15) is 0 Å². The van der Waals surface area contributed by atoms with Gasteiger partial charge in [0.1, 0.15) is 0 Å². The van der Waals surface area contributed by atoms with Crippen LogP contribution in [0.5, 0.6) is 5.75 Å². The summed E-state index contributed by atoms with van der Waals surface area (Å²) in [4.78, 5) is 23.8. The number of para-hydroxylation sites is 1. The molecule has 0 radical (unpaired) electrons. The predicted molar refractivity (Wildman–Crippen MR) is 86.5 cm³/mol. The highest BCUT2D eigenvalue weighted by Gasteiger charge is 2.44. The van der Waals surface area contributed by atoms with Gasteiger partial charge in [-0.1, -0.05) is 36.4 Å². The molecular formula is C18H16N2O3. The molecule has 2 amide bonds. The van der Waals surface area contributed by atoms with Crippen molar-refractivity contribution in [3.63, 3.8) is 0 Å². The van der Waals surface area contributed by atoms with Gasteiger partial charge >= 0.3 is 0 Å². The van der Waals surface area contributed by atoms with Crippen molar-refractivity contribution >= 4 is 23.2 Å². The molecule has 1 saturated carbocycles. The Kier molecular flexibility index (Phi) is 3.26.